The molecule has 0 radical (unpaired) electrons. The molecular weight excluding hydrogens is 402 g/mol. The van der Waals surface area contributed by atoms with Crippen molar-refractivity contribution >= 4 is 16.4 Å². The lowest BCUT2D eigenvalue weighted by Gasteiger charge is -2.17. The summed E-state index contributed by atoms with van der Waals surface area (Å²) in [6.45, 7) is 0. The van der Waals surface area contributed by atoms with Gasteiger partial charge in [0.15, 0.2) is 0 Å². The molecule has 0 unspecified atom stereocenters. The maximum atomic E-state index is 9.47. The van der Waals surface area contributed by atoms with Gasteiger partial charge < -0.3 is 23.4 Å². The number of hydrogen-bond donors (Lipinski definition) is 2. The molecule has 3 rings (SSSR count). The molecule has 0 aliphatic heterocycles. The molecule has 148 valence electrons. The second kappa shape index (κ2) is 11.4. The molecule has 0 heterocycles. The van der Waals surface area contributed by atoms with E-state index in [1.54, 1.807) is 0 Å². The molecule has 7 nitrogen and oxygen atoms in total. The van der Waals surface area contributed by atoms with Crippen LogP contribution in [0.3, 0.4) is 0 Å². The van der Waals surface area contributed by atoms with E-state index < -0.39 is 16.4 Å². The summed E-state index contributed by atoms with van der Waals surface area (Å²) >= 11 is 0. The van der Waals surface area contributed by atoms with Crippen molar-refractivity contribution in [3.8, 4) is 17.2 Å². The molecule has 0 spiro atoms. The number of phosphoric acid groups is 1. The van der Waals surface area contributed by atoms with Crippen LogP contribution in [0.25, 0.3) is 0 Å². The van der Waals surface area contributed by atoms with Crippen molar-refractivity contribution in [1.29, 1.82) is 0 Å². The van der Waals surface area contributed by atoms with Gasteiger partial charge in [-0.1, -0.05) is 54.6 Å². The predicted molar refractivity (Wildman–Crippen MR) is 107 cm³/mol. The van der Waals surface area contributed by atoms with Crippen LogP contribution in [-0.4, -0.2) is 16.9 Å². The highest BCUT2D eigenvalue weighted by Crippen LogP contribution is 2.41. The lowest BCUT2D eigenvalue weighted by Crippen LogP contribution is -2.02. The SMILES string of the molecule is COP(=O)(O)O.c1ccc(OP(Oc2ccccc2)Oc2ccccc2)cc1. The van der Waals surface area contributed by atoms with Crippen LogP contribution in [0.5, 0.6) is 17.2 Å². The van der Waals surface area contributed by atoms with Gasteiger partial charge in [-0.05, 0) is 36.4 Å². The zero-order valence-corrected chi connectivity index (χ0v) is 16.8. The summed E-state index contributed by atoms with van der Waals surface area (Å²) in [5.41, 5.74) is 0. The van der Waals surface area contributed by atoms with E-state index in [-0.39, 0.29) is 0 Å². The van der Waals surface area contributed by atoms with Crippen LogP contribution in [0.4, 0.5) is 0 Å². The van der Waals surface area contributed by atoms with E-state index in [0.717, 1.165) is 7.11 Å². The Morgan fingerprint density at radius 1 is 0.643 bits per heavy atom. The molecule has 0 aliphatic carbocycles. The van der Waals surface area contributed by atoms with E-state index in [9.17, 15) is 4.57 Å². The van der Waals surface area contributed by atoms with E-state index in [2.05, 4.69) is 4.52 Å². The van der Waals surface area contributed by atoms with Gasteiger partial charge in [0.1, 0.15) is 17.2 Å². The first-order valence-electron chi connectivity index (χ1n) is 8.07. The first kappa shape index (κ1) is 21.9. The number of hydrogen-bond acceptors (Lipinski definition) is 5. The lowest BCUT2D eigenvalue weighted by atomic mass is 10.3. The van der Waals surface area contributed by atoms with Crippen molar-refractivity contribution in [2.75, 3.05) is 7.11 Å². The van der Waals surface area contributed by atoms with Crippen LogP contribution in [0, 0.1) is 0 Å². The molecule has 0 saturated carbocycles. The largest absolute Gasteiger partial charge is 0.530 e. The highest BCUT2D eigenvalue weighted by molar-refractivity contribution is 7.46. The predicted octanol–water partition coefficient (Wildman–Crippen LogP) is 5.18. The quantitative estimate of drug-likeness (QED) is 0.507. The van der Waals surface area contributed by atoms with Gasteiger partial charge in [-0.2, -0.15) is 0 Å². The molecule has 0 aromatic heterocycles. The summed E-state index contributed by atoms with van der Waals surface area (Å²) < 4.78 is 30.6. The zero-order valence-electron chi connectivity index (χ0n) is 15.0. The molecule has 3 aromatic rings. The van der Waals surface area contributed by atoms with Gasteiger partial charge in [0, 0.05) is 7.11 Å². The first-order chi connectivity index (χ1) is 13.5. The fourth-order valence-electron chi connectivity index (χ4n) is 1.76. The molecule has 28 heavy (non-hydrogen) atoms. The minimum absolute atomic E-state index is 0.709. The Bertz CT molecular complexity index is 743. The summed E-state index contributed by atoms with van der Waals surface area (Å²) in [6.07, 6.45) is 0. The van der Waals surface area contributed by atoms with E-state index in [1.807, 2.05) is 91.0 Å². The van der Waals surface area contributed by atoms with Crippen LogP contribution in [0.15, 0.2) is 91.0 Å². The second-order valence-corrected chi connectivity index (χ2v) is 7.45. The van der Waals surface area contributed by atoms with Gasteiger partial charge in [0.25, 0.3) is 0 Å². The Morgan fingerprint density at radius 2 is 0.893 bits per heavy atom. The van der Waals surface area contributed by atoms with Gasteiger partial charge in [-0.25, -0.2) is 4.57 Å². The Kier molecular flexibility index (Phi) is 8.95. The highest BCUT2D eigenvalue weighted by atomic mass is 31.2. The average Bonchev–Trinajstić information content (AvgIpc) is 2.70. The Balaban J connectivity index is 0.000000409. The number of phosphoric ester groups is 1. The van der Waals surface area contributed by atoms with Crippen LogP contribution < -0.4 is 13.6 Å². The highest BCUT2D eigenvalue weighted by Gasteiger charge is 2.19. The Hall–Kier alpha value is -2.40. The minimum atomic E-state index is -4.15. The molecular formula is C19H20O7P2. The maximum absolute atomic E-state index is 9.47. The third kappa shape index (κ3) is 9.00. The second-order valence-electron chi connectivity index (χ2n) is 5.11. The molecule has 0 fully saturated rings. The van der Waals surface area contributed by atoms with Crippen LogP contribution >= 0.6 is 16.4 Å². The third-order valence-electron chi connectivity index (χ3n) is 3.01. The monoisotopic (exact) mass is 422 g/mol. The Labute approximate surface area is 164 Å². The molecule has 0 bridgehead atoms. The van der Waals surface area contributed by atoms with Crippen LogP contribution in [-0.2, 0) is 9.09 Å². The van der Waals surface area contributed by atoms with Crippen molar-refractivity contribution in [2.24, 2.45) is 0 Å². The molecule has 0 atom stereocenters. The van der Waals surface area contributed by atoms with Crippen molar-refractivity contribution in [3.63, 3.8) is 0 Å². The Morgan fingerprint density at radius 3 is 1.11 bits per heavy atom. The number of para-hydroxylation sites is 3. The summed E-state index contributed by atoms with van der Waals surface area (Å²) in [7, 11) is -4.79. The van der Waals surface area contributed by atoms with Crippen LogP contribution in [0.2, 0.25) is 0 Å². The van der Waals surface area contributed by atoms with Gasteiger partial charge in [0.2, 0.25) is 0 Å². The zero-order chi connectivity index (χ0) is 20.2. The molecule has 2 N–H and O–H groups in total. The lowest BCUT2D eigenvalue weighted by molar-refractivity contribution is 0.235. The molecule has 9 heteroatoms. The first-order valence-corrected chi connectivity index (χ1v) is 10.7. The van der Waals surface area contributed by atoms with Gasteiger partial charge in [-0.15, -0.1) is 0 Å². The van der Waals surface area contributed by atoms with Crippen molar-refractivity contribution < 1.29 is 32.4 Å². The fraction of sp³-hybridized carbons (Fsp3) is 0.0526. The maximum Gasteiger partial charge on any atom is 0.530 e. The normalized spacial score (nSPS) is 10.6. The smallest absolute Gasteiger partial charge is 0.409 e. The molecule has 3 aromatic carbocycles. The van der Waals surface area contributed by atoms with Crippen LogP contribution in [0.1, 0.15) is 0 Å². The van der Waals surface area contributed by atoms with Gasteiger partial charge >= 0.3 is 16.4 Å². The van der Waals surface area contributed by atoms with E-state index in [0.29, 0.717) is 17.2 Å². The standard InChI is InChI=1S/C18H15O3P.CH5O4P/c1-4-10-16(11-5-1)19-22(20-17-12-6-2-7-13-17)21-18-14-8-3-9-15-18;1-5-6(2,3)4/h1-15H;1H3,(H2,2,3,4). The number of rotatable bonds is 7. The van der Waals surface area contributed by atoms with Gasteiger partial charge in [-0.3, -0.25) is 4.52 Å². The van der Waals surface area contributed by atoms with Gasteiger partial charge in [0.05, 0.1) is 0 Å². The molecule has 0 saturated heterocycles. The number of benzene rings is 3. The summed E-state index contributed by atoms with van der Waals surface area (Å²) in [5.74, 6) is 2.13. The molecule has 0 aliphatic rings. The van der Waals surface area contributed by atoms with E-state index in [1.165, 1.54) is 0 Å². The summed E-state index contributed by atoms with van der Waals surface area (Å²) in [5, 5.41) is 0. The van der Waals surface area contributed by atoms with Crippen molar-refractivity contribution in [3.05, 3.63) is 91.0 Å². The van der Waals surface area contributed by atoms with E-state index >= 15 is 0 Å². The van der Waals surface area contributed by atoms with E-state index in [4.69, 9.17) is 23.4 Å². The summed E-state index contributed by atoms with van der Waals surface area (Å²) in [6, 6.07) is 28.5. The van der Waals surface area contributed by atoms with Crippen molar-refractivity contribution in [2.45, 2.75) is 0 Å². The summed E-state index contributed by atoms with van der Waals surface area (Å²) in [4.78, 5) is 15.4. The third-order valence-corrected chi connectivity index (χ3v) is 4.56. The average molecular weight is 422 g/mol. The fourth-order valence-corrected chi connectivity index (χ4v) is 2.75. The van der Waals surface area contributed by atoms with Crippen molar-refractivity contribution in [1.82, 2.24) is 0 Å². The topological polar surface area (TPSA) is 94.5 Å². The minimum Gasteiger partial charge on any atom is -0.409 e. The molecule has 0 amide bonds.